The number of aliphatic imine (C=N–C) groups is 1. The minimum Gasteiger partial charge on any atom is -0.376 e. The zero-order valence-electron chi connectivity index (χ0n) is 11.7. The average Bonchev–Trinajstić information content (AvgIpc) is 3.05. The lowest BCUT2D eigenvalue weighted by Crippen LogP contribution is -2.41. The second-order valence-electron chi connectivity index (χ2n) is 5.51. The van der Waals surface area contributed by atoms with Crippen LogP contribution in [0.5, 0.6) is 0 Å². The van der Waals surface area contributed by atoms with Gasteiger partial charge in [0, 0.05) is 18.2 Å². The quantitative estimate of drug-likeness (QED) is 0.931. The van der Waals surface area contributed by atoms with Gasteiger partial charge in [-0.05, 0) is 37.0 Å². The zero-order chi connectivity index (χ0) is 14.1. The number of benzene rings is 1. The predicted molar refractivity (Wildman–Crippen MR) is 81.1 cm³/mol. The summed E-state index contributed by atoms with van der Waals surface area (Å²) in [6, 6.07) is 6.37. The molecule has 0 aliphatic carbocycles. The van der Waals surface area contributed by atoms with Crippen molar-refractivity contribution in [3.8, 4) is 0 Å². The topological polar surface area (TPSA) is 50.8 Å². The first-order chi connectivity index (χ1) is 9.65. The minimum atomic E-state index is 0.178. The second kappa shape index (κ2) is 5.62. The molecule has 0 spiro atoms. The van der Waals surface area contributed by atoms with Crippen LogP contribution < -0.4 is 5.73 Å². The van der Waals surface area contributed by atoms with E-state index in [-0.39, 0.29) is 12.1 Å². The number of hydrogen-bond donors (Lipinski definition) is 1. The molecule has 20 heavy (non-hydrogen) atoms. The highest BCUT2D eigenvalue weighted by molar-refractivity contribution is 6.31. The molecular weight excluding hydrogens is 274 g/mol. The first-order valence-corrected chi connectivity index (χ1v) is 7.47. The Hall–Kier alpha value is -1.26. The third kappa shape index (κ3) is 2.63. The van der Waals surface area contributed by atoms with Crippen LogP contribution in [0.2, 0.25) is 5.02 Å². The standard InChI is InChI=1S/C15H20ClN3O/c1-10-4-5-11(7-13(10)16)14-8-18-15(17)19(14)9-12-3-2-6-20-12/h4-5,7,12,14H,2-3,6,8-9H2,1H3,(H2,17,18). The fraction of sp³-hybridized carbons (Fsp3) is 0.533. The molecular formula is C15H20ClN3O. The lowest BCUT2D eigenvalue weighted by Gasteiger charge is -2.29. The molecule has 2 aliphatic heterocycles. The summed E-state index contributed by atoms with van der Waals surface area (Å²) >= 11 is 6.23. The van der Waals surface area contributed by atoms with Gasteiger partial charge in [-0.3, -0.25) is 4.99 Å². The van der Waals surface area contributed by atoms with E-state index in [0.717, 1.165) is 36.6 Å². The number of aryl methyl sites for hydroxylation is 1. The molecule has 2 N–H and O–H groups in total. The molecule has 2 aliphatic rings. The van der Waals surface area contributed by atoms with E-state index in [1.165, 1.54) is 5.56 Å². The Morgan fingerprint density at radius 3 is 3.05 bits per heavy atom. The Morgan fingerprint density at radius 1 is 1.50 bits per heavy atom. The van der Waals surface area contributed by atoms with E-state index in [1.807, 2.05) is 13.0 Å². The van der Waals surface area contributed by atoms with Crippen molar-refractivity contribution in [1.82, 2.24) is 4.90 Å². The zero-order valence-corrected chi connectivity index (χ0v) is 12.4. The molecule has 1 aromatic carbocycles. The monoisotopic (exact) mass is 293 g/mol. The molecule has 2 heterocycles. The number of guanidine groups is 1. The Morgan fingerprint density at radius 2 is 2.35 bits per heavy atom. The van der Waals surface area contributed by atoms with Crippen LogP contribution in [0.1, 0.15) is 30.0 Å². The maximum Gasteiger partial charge on any atom is 0.192 e. The van der Waals surface area contributed by atoms with Crippen LogP contribution in [0, 0.1) is 6.92 Å². The first-order valence-electron chi connectivity index (χ1n) is 7.09. The molecule has 2 atom stereocenters. The highest BCUT2D eigenvalue weighted by Gasteiger charge is 2.31. The van der Waals surface area contributed by atoms with Crippen LogP contribution in [0.3, 0.4) is 0 Å². The Bertz CT molecular complexity index is 526. The van der Waals surface area contributed by atoms with E-state index in [2.05, 4.69) is 22.0 Å². The SMILES string of the molecule is Cc1ccc(C2CN=C(N)N2CC2CCCO2)cc1Cl. The summed E-state index contributed by atoms with van der Waals surface area (Å²) in [6.07, 6.45) is 2.51. The molecule has 0 aromatic heterocycles. The molecule has 1 saturated heterocycles. The summed E-state index contributed by atoms with van der Waals surface area (Å²) < 4.78 is 5.71. The molecule has 0 amide bonds. The fourth-order valence-electron chi connectivity index (χ4n) is 2.86. The van der Waals surface area contributed by atoms with Gasteiger partial charge in [0.1, 0.15) is 0 Å². The van der Waals surface area contributed by atoms with E-state index in [9.17, 15) is 0 Å². The minimum absolute atomic E-state index is 0.178. The molecule has 5 heteroatoms. The number of ether oxygens (including phenoxy) is 1. The van der Waals surface area contributed by atoms with Crippen LogP contribution >= 0.6 is 11.6 Å². The van der Waals surface area contributed by atoms with Gasteiger partial charge in [-0.2, -0.15) is 0 Å². The van der Waals surface area contributed by atoms with Crippen molar-refractivity contribution in [2.45, 2.75) is 31.9 Å². The Labute approximate surface area is 124 Å². The van der Waals surface area contributed by atoms with Crippen molar-refractivity contribution in [3.05, 3.63) is 34.3 Å². The maximum atomic E-state index is 6.23. The van der Waals surface area contributed by atoms with Crippen molar-refractivity contribution in [1.29, 1.82) is 0 Å². The summed E-state index contributed by atoms with van der Waals surface area (Å²) in [6.45, 7) is 4.37. The molecule has 0 bridgehead atoms. The van der Waals surface area contributed by atoms with Crippen LogP contribution in [-0.2, 0) is 4.74 Å². The number of rotatable bonds is 3. The highest BCUT2D eigenvalue weighted by Crippen LogP contribution is 2.30. The molecule has 3 rings (SSSR count). The van der Waals surface area contributed by atoms with Crippen molar-refractivity contribution in [2.75, 3.05) is 19.7 Å². The molecule has 108 valence electrons. The summed E-state index contributed by atoms with van der Waals surface area (Å²) in [5.74, 6) is 0.613. The number of nitrogens with zero attached hydrogens (tertiary/aromatic N) is 2. The molecule has 0 saturated carbocycles. The van der Waals surface area contributed by atoms with E-state index >= 15 is 0 Å². The van der Waals surface area contributed by atoms with Gasteiger partial charge in [0.15, 0.2) is 5.96 Å². The van der Waals surface area contributed by atoms with Gasteiger partial charge < -0.3 is 15.4 Å². The van der Waals surface area contributed by atoms with Crippen LogP contribution in [0.15, 0.2) is 23.2 Å². The maximum absolute atomic E-state index is 6.23. The van der Waals surface area contributed by atoms with Crippen LogP contribution in [0.25, 0.3) is 0 Å². The van der Waals surface area contributed by atoms with Gasteiger partial charge in [0.2, 0.25) is 0 Å². The van der Waals surface area contributed by atoms with Gasteiger partial charge in [-0.15, -0.1) is 0 Å². The van der Waals surface area contributed by atoms with E-state index in [4.69, 9.17) is 22.1 Å². The summed E-state index contributed by atoms with van der Waals surface area (Å²) in [4.78, 5) is 6.54. The summed E-state index contributed by atoms with van der Waals surface area (Å²) in [5, 5.41) is 0.796. The molecule has 1 fully saturated rings. The lowest BCUT2D eigenvalue weighted by molar-refractivity contribution is 0.0853. The van der Waals surface area contributed by atoms with Crippen LogP contribution in [-0.4, -0.2) is 36.7 Å². The van der Waals surface area contributed by atoms with E-state index < -0.39 is 0 Å². The highest BCUT2D eigenvalue weighted by atomic mass is 35.5. The van der Waals surface area contributed by atoms with E-state index in [0.29, 0.717) is 12.5 Å². The number of halogens is 1. The van der Waals surface area contributed by atoms with Gasteiger partial charge in [0.25, 0.3) is 0 Å². The second-order valence-corrected chi connectivity index (χ2v) is 5.92. The summed E-state index contributed by atoms with van der Waals surface area (Å²) in [7, 11) is 0. The first kappa shape index (κ1) is 13.7. The predicted octanol–water partition coefficient (Wildman–Crippen LogP) is 2.50. The van der Waals surface area contributed by atoms with Gasteiger partial charge in [-0.1, -0.05) is 23.7 Å². The van der Waals surface area contributed by atoms with Crippen LogP contribution in [0.4, 0.5) is 0 Å². The van der Waals surface area contributed by atoms with E-state index in [1.54, 1.807) is 0 Å². The number of nitrogens with two attached hydrogens (primary N) is 1. The third-order valence-electron chi connectivity index (χ3n) is 4.10. The normalized spacial score (nSPS) is 26.1. The third-order valence-corrected chi connectivity index (χ3v) is 4.51. The molecule has 0 radical (unpaired) electrons. The van der Waals surface area contributed by atoms with Crippen molar-refractivity contribution < 1.29 is 4.74 Å². The van der Waals surface area contributed by atoms with Crippen molar-refractivity contribution in [2.24, 2.45) is 10.7 Å². The summed E-state index contributed by atoms with van der Waals surface area (Å²) in [5.41, 5.74) is 8.30. The van der Waals surface area contributed by atoms with Crippen molar-refractivity contribution >= 4 is 17.6 Å². The Balaban J connectivity index is 1.78. The van der Waals surface area contributed by atoms with Gasteiger partial charge in [0.05, 0.1) is 18.7 Å². The fourth-order valence-corrected chi connectivity index (χ4v) is 3.05. The molecule has 1 aromatic rings. The smallest absolute Gasteiger partial charge is 0.192 e. The average molecular weight is 294 g/mol. The largest absolute Gasteiger partial charge is 0.376 e. The van der Waals surface area contributed by atoms with Gasteiger partial charge in [-0.25, -0.2) is 0 Å². The number of hydrogen-bond acceptors (Lipinski definition) is 4. The lowest BCUT2D eigenvalue weighted by atomic mass is 10.0. The van der Waals surface area contributed by atoms with Gasteiger partial charge >= 0.3 is 0 Å². The molecule has 2 unspecified atom stereocenters. The Kier molecular flexibility index (Phi) is 3.85. The molecule has 4 nitrogen and oxygen atoms in total. The van der Waals surface area contributed by atoms with Crippen molar-refractivity contribution in [3.63, 3.8) is 0 Å².